The predicted octanol–water partition coefficient (Wildman–Crippen LogP) is 2.76. The Bertz CT molecular complexity index is 460. The van der Waals surface area contributed by atoms with Gasteiger partial charge >= 0.3 is 0 Å². The van der Waals surface area contributed by atoms with Crippen molar-refractivity contribution in [2.45, 2.75) is 44.2 Å². The number of likely N-dealkylation sites (N-methyl/N-ethyl adjacent to an activating group) is 1. The van der Waals surface area contributed by atoms with E-state index in [2.05, 4.69) is 35.5 Å². The van der Waals surface area contributed by atoms with Crippen LogP contribution in [0.1, 0.15) is 42.9 Å². The van der Waals surface area contributed by atoms with Gasteiger partial charge in [0.1, 0.15) is 5.75 Å². The summed E-state index contributed by atoms with van der Waals surface area (Å²) in [5.41, 5.74) is 3.04. The fourth-order valence-corrected chi connectivity index (χ4v) is 3.95. The molecule has 3 nitrogen and oxygen atoms in total. The average molecular weight is 274 g/mol. The number of benzene rings is 1. The number of methoxy groups -OCH3 is 1. The molecule has 2 unspecified atom stereocenters. The van der Waals surface area contributed by atoms with Crippen LogP contribution in [0.3, 0.4) is 0 Å². The minimum atomic E-state index is 0.592. The molecule has 1 aromatic carbocycles. The van der Waals surface area contributed by atoms with E-state index in [9.17, 15) is 0 Å². The lowest BCUT2D eigenvalue weighted by Crippen LogP contribution is -2.40. The molecule has 0 spiro atoms. The Morgan fingerprint density at radius 1 is 1.30 bits per heavy atom. The van der Waals surface area contributed by atoms with E-state index >= 15 is 0 Å². The van der Waals surface area contributed by atoms with E-state index in [0.29, 0.717) is 12.1 Å². The van der Waals surface area contributed by atoms with Crippen molar-refractivity contribution >= 4 is 0 Å². The highest BCUT2D eigenvalue weighted by atomic mass is 16.5. The van der Waals surface area contributed by atoms with Crippen LogP contribution >= 0.6 is 0 Å². The molecule has 1 aliphatic heterocycles. The van der Waals surface area contributed by atoms with Gasteiger partial charge in [-0.05, 0) is 69.0 Å². The number of nitrogens with one attached hydrogen (secondary N) is 1. The van der Waals surface area contributed by atoms with E-state index in [0.717, 1.165) is 12.3 Å². The summed E-state index contributed by atoms with van der Waals surface area (Å²) in [6.45, 7) is 2.35. The number of rotatable bonds is 4. The summed E-state index contributed by atoms with van der Waals surface area (Å²) in [7, 11) is 3.83. The Labute approximate surface area is 122 Å². The molecular formula is C17H26N2O. The smallest absolute Gasteiger partial charge is 0.119 e. The Balaban J connectivity index is 1.88. The average Bonchev–Trinajstić information content (AvgIpc) is 2.94. The summed E-state index contributed by atoms with van der Waals surface area (Å²) in [6, 6.07) is 7.94. The molecule has 0 aromatic heterocycles. The van der Waals surface area contributed by atoms with Crippen molar-refractivity contribution in [3.8, 4) is 5.75 Å². The number of hydrogen-bond acceptors (Lipinski definition) is 3. The highest BCUT2D eigenvalue weighted by Gasteiger charge is 2.33. The van der Waals surface area contributed by atoms with Gasteiger partial charge in [-0.2, -0.15) is 0 Å². The van der Waals surface area contributed by atoms with Crippen molar-refractivity contribution in [3.05, 3.63) is 29.3 Å². The molecular weight excluding hydrogens is 248 g/mol. The van der Waals surface area contributed by atoms with Crippen molar-refractivity contribution in [2.75, 3.05) is 27.2 Å². The molecule has 2 atom stereocenters. The monoisotopic (exact) mass is 274 g/mol. The molecule has 0 radical (unpaired) electrons. The zero-order valence-corrected chi connectivity index (χ0v) is 12.7. The summed E-state index contributed by atoms with van der Waals surface area (Å²) in [5.74, 6) is 1.00. The lowest BCUT2D eigenvalue weighted by Gasteiger charge is -2.37. The topological polar surface area (TPSA) is 24.5 Å². The van der Waals surface area contributed by atoms with E-state index < -0.39 is 0 Å². The van der Waals surface area contributed by atoms with E-state index in [4.69, 9.17) is 4.74 Å². The lowest BCUT2D eigenvalue weighted by atomic mass is 9.86. The molecule has 0 bridgehead atoms. The van der Waals surface area contributed by atoms with Gasteiger partial charge in [0.15, 0.2) is 0 Å². The zero-order chi connectivity index (χ0) is 13.9. The van der Waals surface area contributed by atoms with Crippen molar-refractivity contribution in [2.24, 2.45) is 0 Å². The second kappa shape index (κ2) is 6.15. The Morgan fingerprint density at radius 3 is 3.00 bits per heavy atom. The molecule has 0 saturated carbocycles. The Kier molecular flexibility index (Phi) is 4.27. The quantitative estimate of drug-likeness (QED) is 0.913. The third-order valence-corrected chi connectivity index (χ3v) is 4.90. The number of fused-ring (bicyclic) bond motifs is 1. The van der Waals surface area contributed by atoms with Gasteiger partial charge in [0, 0.05) is 18.6 Å². The molecule has 1 N–H and O–H groups in total. The van der Waals surface area contributed by atoms with Gasteiger partial charge in [0.05, 0.1) is 7.11 Å². The molecule has 110 valence electrons. The number of hydrogen-bond donors (Lipinski definition) is 1. The van der Waals surface area contributed by atoms with E-state index in [1.165, 1.54) is 49.8 Å². The maximum absolute atomic E-state index is 5.43. The van der Waals surface area contributed by atoms with Gasteiger partial charge in [-0.1, -0.05) is 6.07 Å². The van der Waals surface area contributed by atoms with Crippen molar-refractivity contribution in [3.63, 3.8) is 0 Å². The Morgan fingerprint density at radius 2 is 2.20 bits per heavy atom. The lowest BCUT2D eigenvalue weighted by molar-refractivity contribution is 0.161. The first-order valence-corrected chi connectivity index (χ1v) is 7.90. The van der Waals surface area contributed by atoms with Crippen LogP contribution in [0, 0.1) is 0 Å². The summed E-state index contributed by atoms with van der Waals surface area (Å²) in [4.78, 5) is 2.73. The number of aryl methyl sites for hydroxylation is 1. The van der Waals surface area contributed by atoms with Gasteiger partial charge in [0.2, 0.25) is 0 Å². The highest BCUT2D eigenvalue weighted by Crippen LogP contribution is 2.39. The van der Waals surface area contributed by atoms with Crippen LogP contribution in [0.4, 0.5) is 0 Å². The molecule has 0 amide bonds. The fourth-order valence-electron chi connectivity index (χ4n) is 3.95. The van der Waals surface area contributed by atoms with Crippen LogP contribution in [0.5, 0.6) is 5.75 Å². The normalized spacial score (nSPS) is 26.5. The van der Waals surface area contributed by atoms with Crippen molar-refractivity contribution < 1.29 is 4.74 Å². The van der Waals surface area contributed by atoms with Gasteiger partial charge in [-0.3, -0.25) is 4.90 Å². The van der Waals surface area contributed by atoms with Crippen molar-refractivity contribution in [1.29, 1.82) is 0 Å². The minimum absolute atomic E-state index is 0.592. The van der Waals surface area contributed by atoms with Gasteiger partial charge in [-0.15, -0.1) is 0 Å². The first-order valence-electron chi connectivity index (χ1n) is 7.90. The van der Waals surface area contributed by atoms with Crippen LogP contribution in [0.2, 0.25) is 0 Å². The summed E-state index contributed by atoms with van der Waals surface area (Å²) >= 11 is 0. The van der Waals surface area contributed by atoms with Gasteiger partial charge in [0.25, 0.3) is 0 Å². The molecule has 1 heterocycles. The number of nitrogens with zero attached hydrogens (tertiary/aromatic N) is 1. The molecule has 1 fully saturated rings. The molecule has 2 aliphatic rings. The number of ether oxygens (including phenoxy) is 1. The third kappa shape index (κ3) is 2.57. The van der Waals surface area contributed by atoms with Crippen molar-refractivity contribution in [1.82, 2.24) is 10.2 Å². The molecule has 3 rings (SSSR count). The number of likely N-dealkylation sites (tertiary alicyclic amines) is 1. The fraction of sp³-hybridized carbons (Fsp3) is 0.647. The largest absolute Gasteiger partial charge is 0.497 e. The molecule has 20 heavy (non-hydrogen) atoms. The first-order chi connectivity index (χ1) is 9.83. The summed E-state index contributed by atoms with van der Waals surface area (Å²) in [5, 5.41) is 3.36. The molecule has 1 aliphatic carbocycles. The first kappa shape index (κ1) is 13.9. The van der Waals surface area contributed by atoms with Crippen LogP contribution in [0.25, 0.3) is 0 Å². The standard InChI is InChI=1S/C17H26N2O/c1-18-12-14-6-4-10-19(14)17-7-3-5-13-8-9-15(20-2)11-16(13)17/h8-9,11,14,17-18H,3-7,10,12H2,1-2H3. The highest BCUT2D eigenvalue weighted by molar-refractivity contribution is 5.39. The minimum Gasteiger partial charge on any atom is -0.497 e. The maximum Gasteiger partial charge on any atom is 0.119 e. The van der Waals surface area contributed by atoms with E-state index in [1.807, 2.05) is 0 Å². The molecule has 3 heteroatoms. The Hall–Kier alpha value is -1.06. The zero-order valence-electron chi connectivity index (χ0n) is 12.7. The van der Waals surface area contributed by atoms with E-state index in [-0.39, 0.29) is 0 Å². The molecule has 1 aromatic rings. The van der Waals surface area contributed by atoms with E-state index in [1.54, 1.807) is 7.11 Å². The van der Waals surface area contributed by atoms with Crippen LogP contribution in [-0.4, -0.2) is 38.2 Å². The second-order valence-corrected chi connectivity index (χ2v) is 6.06. The van der Waals surface area contributed by atoms with Crippen LogP contribution in [-0.2, 0) is 6.42 Å². The summed E-state index contributed by atoms with van der Waals surface area (Å²) in [6.07, 6.45) is 6.49. The second-order valence-electron chi connectivity index (χ2n) is 6.06. The predicted molar refractivity (Wildman–Crippen MR) is 82.3 cm³/mol. The van der Waals surface area contributed by atoms with Gasteiger partial charge < -0.3 is 10.1 Å². The SMILES string of the molecule is CNCC1CCCN1C1CCCc2ccc(OC)cc21. The maximum atomic E-state index is 5.43. The van der Waals surface area contributed by atoms with Gasteiger partial charge in [-0.25, -0.2) is 0 Å². The summed E-state index contributed by atoms with van der Waals surface area (Å²) < 4.78 is 5.43. The van der Waals surface area contributed by atoms with Crippen LogP contribution < -0.4 is 10.1 Å². The molecule has 1 saturated heterocycles. The van der Waals surface area contributed by atoms with Crippen LogP contribution in [0.15, 0.2) is 18.2 Å². The third-order valence-electron chi connectivity index (χ3n) is 4.90.